The van der Waals surface area contributed by atoms with Gasteiger partial charge in [0.15, 0.2) is 0 Å². The number of nitrogens with one attached hydrogen (secondary N) is 1. The van der Waals surface area contributed by atoms with E-state index in [2.05, 4.69) is 5.32 Å². The molecule has 21 heavy (non-hydrogen) atoms. The summed E-state index contributed by atoms with van der Waals surface area (Å²) in [7, 11) is 0. The number of rotatable bonds is 3. The highest BCUT2D eigenvalue weighted by Crippen LogP contribution is 2.15. The van der Waals surface area contributed by atoms with Crippen LogP contribution in [0.25, 0.3) is 0 Å². The zero-order valence-electron chi connectivity index (χ0n) is 11.6. The van der Waals surface area contributed by atoms with Crippen LogP contribution in [0.5, 0.6) is 0 Å². The maximum absolute atomic E-state index is 13.6. The van der Waals surface area contributed by atoms with Gasteiger partial charge in [-0.15, -0.1) is 0 Å². The Hall–Kier alpha value is -1.66. The molecule has 2 amide bonds. The number of morpholine rings is 1. The summed E-state index contributed by atoms with van der Waals surface area (Å²) in [6.45, 7) is 3.51. The van der Waals surface area contributed by atoms with Crippen molar-refractivity contribution in [3.05, 3.63) is 34.6 Å². The van der Waals surface area contributed by atoms with Gasteiger partial charge in [0.05, 0.1) is 18.8 Å². The molecule has 1 saturated heterocycles. The molecule has 0 saturated carbocycles. The minimum absolute atomic E-state index is 0.177. The topological polar surface area (TPSA) is 58.6 Å². The number of carbonyl (C=O) groups is 2. The van der Waals surface area contributed by atoms with E-state index in [1.165, 1.54) is 12.1 Å². The van der Waals surface area contributed by atoms with E-state index >= 15 is 0 Å². The van der Waals surface area contributed by atoms with E-state index in [0.717, 1.165) is 6.07 Å². The van der Waals surface area contributed by atoms with Gasteiger partial charge < -0.3 is 15.0 Å². The van der Waals surface area contributed by atoms with Crippen molar-refractivity contribution in [3.63, 3.8) is 0 Å². The van der Waals surface area contributed by atoms with Crippen LogP contribution >= 0.6 is 11.6 Å². The van der Waals surface area contributed by atoms with Crippen LogP contribution < -0.4 is 5.32 Å². The fourth-order valence-corrected chi connectivity index (χ4v) is 2.24. The SMILES string of the molecule is CC(NC(=O)c1cc(Cl)ccc1F)C(=O)N1CCOCC1. The number of ether oxygens (including phenoxy) is 1. The zero-order valence-corrected chi connectivity index (χ0v) is 12.3. The molecule has 7 heteroatoms. The van der Waals surface area contributed by atoms with Crippen LogP contribution in [0.4, 0.5) is 4.39 Å². The Labute approximate surface area is 127 Å². The van der Waals surface area contributed by atoms with Crippen LogP contribution in [0.1, 0.15) is 17.3 Å². The number of carbonyl (C=O) groups excluding carboxylic acids is 2. The quantitative estimate of drug-likeness (QED) is 0.919. The number of hydrogen-bond acceptors (Lipinski definition) is 3. The lowest BCUT2D eigenvalue weighted by molar-refractivity contribution is -0.136. The van der Waals surface area contributed by atoms with Crippen molar-refractivity contribution in [3.8, 4) is 0 Å². The second kappa shape index (κ2) is 6.87. The van der Waals surface area contributed by atoms with Gasteiger partial charge in [-0.05, 0) is 25.1 Å². The molecule has 1 aliphatic rings. The monoisotopic (exact) mass is 314 g/mol. The van der Waals surface area contributed by atoms with Crippen LogP contribution in [0.3, 0.4) is 0 Å². The van der Waals surface area contributed by atoms with Gasteiger partial charge in [0.25, 0.3) is 5.91 Å². The third-order valence-electron chi connectivity index (χ3n) is 3.21. The number of halogens is 2. The fourth-order valence-electron chi connectivity index (χ4n) is 2.07. The van der Waals surface area contributed by atoms with Gasteiger partial charge in [-0.3, -0.25) is 9.59 Å². The molecule has 1 aromatic rings. The molecule has 1 unspecified atom stereocenters. The van der Waals surface area contributed by atoms with E-state index in [9.17, 15) is 14.0 Å². The molecule has 0 aliphatic carbocycles. The largest absolute Gasteiger partial charge is 0.378 e. The Morgan fingerprint density at radius 2 is 2.05 bits per heavy atom. The van der Waals surface area contributed by atoms with E-state index in [1.54, 1.807) is 11.8 Å². The molecule has 114 valence electrons. The van der Waals surface area contributed by atoms with Crippen molar-refractivity contribution >= 4 is 23.4 Å². The maximum atomic E-state index is 13.6. The molecule has 1 atom stereocenters. The molecule has 5 nitrogen and oxygen atoms in total. The lowest BCUT2D eigenvalue weighted by Crippen LogP contribution is -2.50. The molecule has 1 heterocycles. The number of hydrogen-bond donors (Lipinski definition) is 1. The number of amides is 2. The molecule has 1 aromatic carbocycles. The first kappa shape index (κ1) is 15.7. The zero-order chi connectivity index (χ0) is 15.4. The van der Waals surface area contributed by atoms with Crippen LogP contribution in [0.2, 0.25) is 5.02 Å². The van der Waals surface area contributed by atoms with Crippen molar-refractivity contribution in [2.75, 3.05) is 26.3 Å². The van der Waals surface area contributed by atoms with Gasteiger partial charge in [-0.25, -0.2) is 4.39 Å². The normalized spacial score (nSPS) is 16.4. The van der Waals surface area contributed by atoms with E-state index < -0.39 is 17.8 Å². The molecule has 0 bridgehead atoms. The lowest BCUT2D eigenvalue weighted by atomic mass is 10.1. The smallest absolute Gasteiger partial charge is 0.254 e. The van der Waals surface area contributed by atoms with Gasteiger partial charge in [0.2, 0.25) is 5.91 Å². The van der Waals surface area contributed by atoms with Crippen molar-refractivity contribution in [2.45, 2.75) is 13.0 Å². The second-order valence-corrected chi connectivity index (χ2v) is 5.19. The van der Waals surface area contributed by atoms with Gasteiger partial charge in [0, 0.05) is 18.1 Å². The minimum atomic E-state index is -0.742. The van der Waals surface area contributed by atoms with E-state index in [0.29, 0.717) is 26.3 Å². The van der Waals surface area contributed by atoms with Crippen molar-refractivity contribution in [1.82, 2.24) is 10.2 Å². The van der Waals surface area contributed by atoms with Crippen molar-refractivity contribution in [1.29, 1.82) is 0 Å². The Morgan fingerprint density at radius 1 is 1.38 bits per heavy atom. The predicted octanol–water partition coefficient (Wildman–Crippen LogP) is 1.46. The van der Waals surface area contributed by atoms with Gasteiger partial charge >= 0.3 is 0 Å². The lowest BCUT2D eigenvalue weighted by Gasteiger charge is -2.29. The fraction of sp³-hybridized carbons (Fsp3) is 0.429. The van der Waals surface area contributed by atoms with Crippen molar-refractivity contribution < 1.29 is 18.7 Å². The Morgan fingerprint density at radius 3 is 2.71 bits per heavy atom. The molecule has 1 fully saturated rings. The van der Waals surface area contributed by atoms with Crippen LogP contribution in [0, 0.1) is 5.82 Å². The first-order valence-corrected chi connectivity index (χ1v) is 6.99. The first-order valence-electron chi connectivity index (χ1n) is 6.61. The summed E-state index contributed by atoms with van der Waals surface area (Å²) in [6, 6.07) is 2.97. The molecule has 0 radical (unpaired) electrons. The number of benzene rings is 1. The Kier molecular flexibility index (Phi) is 5.14. The predicted molar refractivity (Wildman–Crippen MR) is 75.7 cm³/mol. The summed E-state index contributed by atoms with van der Waals surface area (Å²) in [5, 5.41) is 2.75. The standard InChI is InChI=1S/C14H16ClFN2O3/c1-9(14(20)18-4-6-21-7-5-18)17-13(19)11-8-10(15)2-3-12(11)16/h2-3,8-9H,4-7H2,1H3,(H,17,19). The third kappa shape index (κ3) is 3.92. The second-order valence-electron chi connectivity index (χ2n) is 4.76. The van der Waals surface area contributed by atoms with E-state index in [4.69, 9.17) is 16.3 Å². The molecule has 1 aliphatic heterocycles. The van der Waals surface area contributed by atoms with E-state index in [-0.39, 0.29) is 16.5 Å². The number of nitrogens with zero attached hydrogens (tertiary/aromatic N) is 1. The van der Waals surface area contributed by atoms with Gasteiger partial charge in [0.1, 0.15) is 11.9 Å². The molecule has 0 spiro atoms. The minimum Gasteiger partial charge on any atom is -0.378 e. The highest BCUT2D eigenvalue weighted by molar-refractivity contribution is 6.31. The summed E-state index contributed by atoms with van der Waals surface area (Å²) in [6.07, 6.45) is 0. The summed E-state index contributed by atoms with van der Waals surface area (Å²) in [5.74, 6) is -1.55. The molecule has 0 aromatic heterocycles. The van der Waals surface area contributed by atoms with Crippen LogP contribution in [0.15, 0.2) is 18.2 Å². The molecular formula is C14H16ClFN2O3. The highest BCUT2D eigenvalue weighted by Gasteiger charge is 2.24. The van der Waals surface area contributed by atoms with Gasteiger partial charge in [-0.1, -0.05) is 11.6 Å². The maximum Gasteiger partial charge on any atom is 0.254 e. The first-order chi connectivity index (χ1) is 9.99. The van der Waals surface area contributed by atoms with Crippen LogP contribution in [-0.2, 0) is 9.53 Å². The Balaban J connectivity index is 2.01. The average Bonchev–Trinajstić information content (AvgIpc) is 2.49. The summed E-state index contributed by atoms with van der Waals surface area (Å²) < 4.78 is 18.8. The highest BCUT2D eigenvalue weighted by atomic mass is 35.5. The van der Waals surface area contributed by atoms with E-state index in [1.807, 2.05) is 0 Å². The van der Waals surface area contributed by atoms with Crippen LogP contribution in [-0.4, -0.2) is 49.1 Å². The molecule has 1 N–H and O–H groups in total. The third-order valence-corrected chi connectivity index (χ3v) is 3.45. The molecule has 2 rings (SSSR count). The summed E-state index contributed by atoms with van der Waals surface area (Å²) >= 11 is 5.75. The Bertz CT molecular complexity index is 547. The van der Waals surface area contributed by atoms with Gasteiger partial charge in [-0.2, -0.15) is 0 Å². The summed E-state index contributed by atoms with van der Waals surface area (Å²) in [5.41, 5.74) is -0.177. The average molecular weight is 315 g/mol. The summed E-state index contributed by atoms with van der Waals surface area (Å²) in [4.78, 5) is 25.8. The van der Waals surface area contributed by atoms with Crippen molar-refractivity contribution in [2.24, 2.45) is 0 Å². The molecular weight excluding hydrogens is 299 g/mol.